The first-order chi connectivity index (χ1) is 8.07. The van der Waals surface area contributed by atoms with E-state index in [4.69, 9.17) is 10.5 Å². The molecule has 1 aliphatic rings. The second-order valence-corrected chi connectivity index (χ2v) is 5.54. The van der Waals surface area contributed by atoms with Gasteiger partial charge in [-0.1, -0.05) is 19.3 Å². The van der Waals surface area contributed by atoms with Crippen LogP contribution in [0.2, 0.25) is 0 Å². The zero-order chi connectivity index (χ0) is 12.5. The Kier molecular flexibility index (Phi) is 3.73. The average Bonchev–Trinajstić information content (AvgIpc) is 2.29. The molecule has 0 spiro atoms. The predicted octanol–water partition coefficient (Wildman–Crippen LogP) is 3.71. The molecule has 1 aliphatic carbocycles. The molecule has 17 heavy (non-hydrogen) atoms. The summed E-state index contributed by atoms with van der Waals surface area (Å²) in [5.74, 6) is 0.388. The van der Waals surface area contributed by atoms with Crippen LogP contribution in [0, 0.1) is 5.82 Å². The Bertz CT molecular complexity index is 416. The van der Waals surface area contributed by atoms with Crippen molar-refractivity contribution in [2.75, 3.05) is 7.11 Å². The molecule has 1 fully saturated rings. The van der Waals surface area contributed by atoms with E-state index in [-0.39, 0.29) is 5.82 Å². The van der Waals surface area contributed by atoms with E-state index >= 15 is 0 Å². The molecule has 4 heteroatoms. The molecule has 0 heterocycles. The van der Waals surface area contributed by atoms with E-state index in [1.807, 2.05) is 0 Å². The van der Waals surface area contributed by atoms with Gasteiger partial charge in [0, 0.05) is 11.1 Å². The third-order valence-electron chi connectivity index (χ3n) is 3.49. The van der Waals surface area contributed by atoms with Crippen LogP contribution in [0.3, 0.4) is 0 Å². The SMILES string of the molecule is COc1c(Br)cc(F)cc1C1(N)CCCCC1. The van der Waals surface area contributed by atoms with Crippen molar-refractivity contribution in [3.05, 3.63) is 28.0 Å². The molecule has 0 amide bonds. The Morgan fingerprint density at radius 2 is 1.94 bits per heavy atom. The molecule has 94 valence electrons. The number of hydrogen-bond donors (Lipinski definition) is 1. The molecule has 2 N–H and O–H groups in total. The summed E-state index contributed by atoms with van der Waals surface area (Å²) in [4.78, 5) is 0. The summed E-state index contributed by atoms with van der Waals surface area (Å²) in [6.45, 7) is 0. The van der Waals surface area contributed by atoms with E-state index in [0.717, 1.165) is 31.2 Å². The number of nitrogens with two attached hydrogens (primary N) is 1. The van der Waals surface area contributed by atoms with Gasteiger partial charge in [0.05, 0.1) is 11.6 Å². The fraction of sp³-hybridized carbons (Fsp3) is 0.538. The van der Waals surface area contributed by atoms with Gasteiger partial charge in [-0.3, -0.25) is 0 Å². The van der Waals surface area contributed by atoms with Crippen molar-refractivity contribution in [2.24, 2.45) is 5.73 Å². The van der Waals surface area contributed by atoms with Crippen molar-refractivity contribution < 1.29 is 9.13 Å². The van der Waals surface area contributed by atoms with Gasteiger partial charge in [0.1, 0.15) is 11.6 Å². The topological polar surface area (TPSA) is 35.2 Å². The lowest BCUT2D eigenvalue weighted by molar-refractivity contribution is 0.287. The Hall–Kier alpha value is -0.610. The summed E-state index contributed by atoms with van der Waals surface area (Å²) in [5.41, 5.74) is 6.76. The molecule has 1 aromatic rings. The van der Waals surface area contributed by atoms with Crippen molar-refractivity contribution in [3.8, 4) is 5.75 Å². The first-order valence-corrected chi connectivity index (χ1v) is 6.68. The molecule has 0 unspecified atom stereocenters. The maximum Gasteiger partial charge on any atom is 0.138 e. The average molecular weight is 302 g/mol. The summed E-state index contributed by atoms with van der Waals surface area (Å²) >= 11 is 3.33. The summed E-state index contributed by atoms with van der Waals surface area (Å²) in [6, 6.07) is 2.92. The quantitative estimate of drug-likeness (QED) is 0.903. The largest absolute Gasteiger partial charge is 0.495 e. The molecular weight excluding hydrogens is 285 g/mol. The van der Waals surface area contributed by atoms with Gasteiger partial charge in [-0.15, -0.1) is 0 Å². The molecule has 1 saturated carbocycles. The van der Waals surface area contributed by atoms with Crippen molar-refractivity contribution in [3.63, 3.8) is 0 Å². The summed E-state index contributed by atoms with van der Waals surface area (Å²) < 4.78 is 19.5. The summed E-state index contributed by atoms with van der Waals surface area (Å²) in [5, 5.41) is 0. The van der Waals surface area contributed by atoms with E-state index < -0.39 is 5.54 Å². The molecule has 0 radical (unpaired) electrons. The first-order valence-electron chi connectivity index (χ1n) is 5.89. The van der Waals surface area contributed by atoms with Gasteiger partial charge in [-0.05, 0) is 40.9 Å². The van der Waals surface area contributed by atoms with Crippen LogP contribution in [-0.4, -0.2) is 7.11 Å². The zero-order valence-electron chi connectivity index (χ0n) is 9.93. The molecule has 0 aromatic heterocycles. The number of ether oxygens (including phenoxy) is 1. The fourth-order valence-corrected chi connectivity index (χ4v) is 3.18. The summed E-state index contributed by atoms with van der Waals surface area (Å²) in [7, 11) is 1.59. The molecule has 0 atom stereocenters. The third-order valence-corrected chi connectivity index (χ3v) is 4.08. The molecule has 0 saturated heterocycles. The first kappa shape index (κ1) is 12.8. The smallest absolute Gasteiger partial charge is 0.138 e. The molecule has 2 rings (SSSR count). The minimum atomic E-state index is -0.450. The second-order valence-electron chi connectivity index (χ2n) is 4.69. The Labute approximate surface area is 109 Å². The highest BCUT2D eigenvalue weighted by Crippen LogP contribution is 2.42. The molecule has 0 bridgehead atoms. The van der Waals surface area contributed by atoms with Gasteiger partial charge in [0.25, 0.3) is 0 Å². The minimum Gasteiger partial charge on any atom is -0.495 e. The minimum absolute atomic E-state index is 0.275. The van der Waals surface area contributed by atoms with Crippen molar-refractivity contribution >= 4 is 15.9 Å². The Morgan fingerprint density at radius 1 is 1.29 bits per heavy atom. The number of benzene rings is 1. The summed E-state index contributed by atoms with van der Waals surface area (Å²) in [6.07, 6.45) is 5.16. The van der Waals surface area contributed by atoms with Crippen LogP contribution in [-0.2, 0) is 5.54 Å². The van der Waals surface area contributed by atoms with Crippen LogP contribution in [0.15, 0.2) is 16.6 Å². The van der Waals surface area contributed by atoms with Crippen molar-refractivity contribution in [1.82, 2.24) is 0 Å². The maximum atomic E-state index is 13.5. The number of hydrogen-bond acceptors (Lipinski definition) is 2. The van der Waals surface area contributed by atoms with Crippen LogP contribution in [0.4, 0.5) is 4.39 Å². The highest BCUT2D eigenvalue weighted by Gasteiger charge is 2.33. The predicted molar refractivity (Wildman–Crippen MR) is 69.6 cm³/mol. The Morgan fingerprint density at radius 3 is 2.53 bits per heavy atom. The van der Waals surface area contributed by atoms with Crippen LogP contribution >= 0.6 is 15.9 Å². The van der Waals surface area contributed by atoms with Crippen LogP contribution < -0.4 is 10.5 Å². The van der Waals surface area contributed by atoms with Crippen molar-refractivity contribution in [2.45, 2.75) is 37.6 Å². The van der Waals surface area contributed by atoms with E-state index in [2.05, 4.69) is 15.9 Å². The van der Waals surface area contributed by atoms with Crippen LogP contribution in [0.5, 0.6) is 5.75 Å². The van der Waals surface area contributed by atoms with Gasteiger partial charge in [0.15, 0.2) is 0 Å². The lowest BCUT2D eigenvalue weighted by Gasteiger charge is -2.35. The van der Waals surface area contributed by atoms with E-state index in [0.29, 0.717) is 10.2 Å². The van der Waals surface area contributed by atoms with Crippen molar-refractivity contribution in [1.29, 1.82) is 0 Å². The highest BCUT2D eigenvalue weighted by molar-refractivity contribution is 9.10. The lowest BCUT2D eigenvalue weighted by atomic mass is 9.77. The normalized spacial score (nSPS) is 19.1. The number of rotatable bonds is 2. The monoisotopic (exact) mass is 301 g/mol. The van der Waals surface area contributed by atoms with Crippen LogP contribution in [0.1, 0.15) is 37.7 Å². The highest BCUT2D eigenvalue weighted by atomic mass is 79.9. The Balaban J connectivity index is 2.49. The number of methoxy groups -OCH3 is 1. The fourth-order valence-electron chi connectivity index (χ4n) is 2.59. The van der Waals surface area contributed by atoms with E-state index in [1.54, 1.807) is 7.11 Å². The second kappa shape index (κ2) is 4.94. The van der Waals surface area contributed by atoms with E-state index in [1.165, 1.54) is 18.6 Å². The molecular formula is C13H17BrFNO. The third kappa shape index (κ3) is 2.47. The lowest BCUT2D eigenvalue weighted by Crippen LogP contribution is -2.39. The number of halogens is 2. The zero-order valence-corrected chi connectivity index (χ0v) is 11.5. The van der Waals surface area contributed by atoms with Gasteiger partial charge in [0.2, 0.25) is 0 Å². The maximum absolute atomic E-state index is 13.5. The molecule has 1 aromatic carbocycles. The van der Waals surface area contributed by atoms with Gasteiger partial charge in [-0.25, -0.2) is 4.39 Å². The van der Waals surface area contributed by atoms with Gasteiger partial charge >= 0.3 is 0 Å². The standard InChI is InChI=1S/C13H17BrFNO/c1-17-12-10(7-9(15)8-11(12)14)13(16)5-3-2-4-6-13/h7-8H,2-6,16H2,1H3. The molecule has 2 nitrogen and oxygen atoms in total. The molecule has 0 aliphatic heterocycles. The van der Waals surface area contributed by atoms with Gasteiger partial charge in [-0.2, -0.15) is 0 Å². The van der Waals surface area contributed by atoms with Gasteiger partial charge < -0.3 is 10.5 Å². The van der Waals surface area contributed by atoms with Crippen LogP contribution in [0.25, 0.3) is 0 Å². The van der Waals surface area contributed by atoms with E-state index in [9.17, 15) is 4.39 Å².